The van der Waals surface area contributed by atoms with Crippen LogP contribution in [-0.2, 0) is 0 Å². The third-order valence-electron chi connectivity index (χ3n) is 2.99. The maximum Gasteiger partial charge on any atom is 0.168 e. The van der Waals surface area contributed by atoms with E-state index in [1.54, 1.807) is 11.8 Å². The summed E-state index contributed by atoms with van der Waals surface area (Å²) in [6, 6.07) is 8.33. The van der Waals surface area contributed by atoms with Crippen molar-refractivity contribution in [1.29, 1.82) is 0 Å². The van der Waals surface area contributed by atoms with Crippen LogP contribution in [0.15, 0.2) is 34.7 Å². The van der Waals surface area contributed by atoms with Gasteiger partial charge in [-0.3, -0.25) is 4.99 Å². The first kappa shape index (κ1) is 14.3. The zero-order chi connectivity index (χ0) is 12.4. The minimum absolute atomic E-state index is 0. The fraction of sp³-hybridized carbons (Fsp3) is 0.357. The van der Waals surface area contributed by atoms with Gasteiger partial charge in [-0.05, 0) is 36.2 Å². The Morgan fingerprint density at radius 1 is 1.32 bits per heavy atom. The number of nitrogens with zero attached hydrogens (tertiary/aromatic N) is 2. The molecule has 0 bridgehead atoms. The summed E-state index contributed by atoms with van der Waals surface area (Å²) in [5.74, 6) is 0.946. The molecule has 0 spiro atoms. The molecule has 19 heavy (non-hydrogen) atoms. The van der Waals surface area contributed by atoms with Gasteiger partial charge < -0.3 is 9.64 Å². The Hall–Kier alpha value is -1.13. The standard InChI is InChI=1S/C14H16N2OS.ClH/c1-2-9-17-12-5-3-11(4-6-12)13-10-18-14-15-7-8-16(13)14;/h3-6,10H,2,7-9H2,1H3;1H. The molecule has 1 aromatic rings. The molecule has 0 fully saturated rings. The lowest BCUT2D eigenvalue weighted by Gasteiger charge is -2.16. The molecule has 0 aliphatic carbocycles. The molecule has 0 atom stereocenters. The van der Waals surface area contributed by atoms with Crippen LogP contribution in [0.5, 0.6) is 5.75 Å². The van der Waals surface area contributed by atoms with Crippen LogP contribution < -0.4 is 4.74 Å². The highest BCUT2D eigenvalue weighted by molar-refractivity contribution is 8.16. The first-order chi connectivity index (χ1) is 8.88. The van der Waals surface area contributed by atoms with Gasteiger partial charge in [0.05, 0.1) is 18.8 Å². The first-order valence-corrected chi connectivity index (χ1v) is 7.18. The molecule has 1 aromatic carbocycles. The number of hydrogen-bond acceptors (Lipinski definition) is 4. The predicted molar refractivity (Wildman–Crippen MR) is 84.1 cm³/mol. The van der Waals surface area contributed by atoms with Crippen molar-refractivity contribution in [2.24, 2.45) is 4.99 Å². The second-order valence-corrected chi connectivity index (χ2v) is 5.15. The highest BCUT2D eigenvalue weighted by Crippen LogP contribution is 2.35. The van der Waals surface area contributed by atoms with Crippen LogP contribution in [0.3, 0.4) is 0 Å². The van der Waals surface area contributed by atoms with Gasteiger partial charge in [0.15, 0.2) is 5.17 Å². The van der Waals surface area contributed by atoms with Crippen molar-refractivity contribution in [2.75, 3.05) is 19.7 Å². The summed E-state index contributed by atoms with van der Waals surface area (Å²) in [7, 11) is 0. The third-order valence-corrected chi connectivity index (χ3v) is 3.89. The smallest absolute Gasteiger partial charge is 0.168 e. The lowest BCUT2D eigenvalue weighted by Crippen LogP contribution is -2.19. The van der Waals surface area contributed by atoms with Gasteiger partial charge >= 0.3 is 0 Å². The molecule has 0 aromatic heterocycles. The van der Waals surface area contributed by atoms with Crippen LogP contribution in [0.1, 0.15) is 18.9 Å². The predicted octanol–water partition coefficient (Wildman–Crippen LogP) is 3.61. The van der Waals surface area contributed by atoms with E-state index >= 15 is 0 Å². The molecule has 3 nitrogen and oxygen atoms in total. The maximum atomic E-state index is 5.60. The number of rotatable bonds is 4. The van der Waals surface area contributed by atoms with E-state index in [1.807, 2.05) is 12.1 Å². The molecule has 0 saturated heterocycles. The number of fused-ring (bicyclic) bond motifs is 1. The second kappa shape index (κ2) is 6.35. The van der Waals surface area contributed by atoms with Gasteiger partial charge in [0.1, 0.15) is 5.75 Å². The van der Waals surface area contributed by atoms with E-state index in [-0.39, 0.29) is 12.4 Å². The van der Waals surface area contributed by atoms with Crippen LogP contribution in [0, 0.1) is 0 Å². The molecule has 0 N–H and O–H groups in total. The van der Waals surface area contributed by atoms with E-state index < -0.39 is 0 Å². The summed E-state index contributed by atoms with van der Waals surface area (Å²) in [5.41, 5.74) is 2.50. The monoisotopic (exact) mass is 296 g/mol. The average Bonchev–Trinajstić information content (AvgIpc) is 2.99. The quantitative estimate of drug-likeness (QED) is 0.848. The van der Waals surface area contributed by atoms with Gasteiger partial charge in [-0.2, -0.15) is 0 Å². The topological polar surface area (TPSA) is 24.8 Å². The zero-order valence-corrected chi connectivity index (χ0v) is 12.5. The van der Waals surface area contributed by atoms with Crippen LogP contribution in [-0.4, -0.2) is 29.8 Å². The number of amidine groups is 1. The molecule has 0 saturated carbocycles. The molecular formula is C14H17ClN2OS. The van der Waals surface area contributed by atoms with Crippen LogP contribution in [0.4, 0.5) is 0 Å². The molecule has 2 aliphatic heterocycles. The zero-order valence-electron chi connectivity index (χ0n) is 10.8. The Kier molecular flexibility index (Phi) is 4.77. The molecule has 0 radical (unpaired) electrons. The normalized spacial score (nSPS) is 16.6. The molecule has 2 aliphatic rings. The molecule has 5 heteroatoms. The summed E-state index contributed by atoms with van der Waals surface area (Å²) in [6.45, 7) is 4.81. The molecular weight excluding hydrogens is 280 g/mol. The third kappa shape index (κ3) is 2.90. The van der Waals surface area contributed by atoms with Crippen LogP contribution in [0.25, 0.3) is 5.70 Å². The van der Waals surface area contributed by atoms with Gasteiger partial charge in [0.25, 0.3) is 0 Å². The van der Waals surface area contributed by atoms with Crippen molar-refractivity contribution in [1.82, 2.24) is 4.90 Å². The van der Waals surface area contributed by atoms with Crippen LogP contribution >= 0.6 is 24.2 Å². The van der Waals surface area contributed by atoms with Crippen molar-refractivity contribution in [3.8, 4) is 5.75 Å². The molecule has 102 valence electrons. The van der Waals surface area contributed by atoms with E-state index in [0.717, 1.165) is 37.0 Å². The SMILES string of the molecule is CCCOc1ccc(C2=CSC3=NCCN23)cc1.Cl. The number of ether oxygens (including phenoxy) is 1. The number of aliphatic imine (C=N–C) groups is 1. The fourth-order valence-corrected chi connectivity index (χ4v) is 3.05. The minimum atomic E-state index is 0. The van der Waals surface area contributed by atoms with E-state index in [0.29, 0.717) is 0 Å². The number of thioether (sulfide) groups is 1. The Balaban J connectivity index is 0.00000133. The lowest BCUT2D eigenvalue weighted by atomic mass is 10.1. The lowest BCUT2D eigenvalue weighted by molar-refractivity contribution is 0.317. The summed E-state index contributed by atoms with van der Waals surface area (Å²) in [5, 5.41) is 3.32. The van der Waals surface area contributed by atoms with Crippen LogP contribution in [0.2, 0.25) is 0 Å². The van der Waals surface area contributed by atoms with Crippen molar-refractivity contribution in [2.45, 2.75) is 13.3 Å². The first-order valence-electron chi connectivity index (χ1n) is 6.30. The molecule has 3 rings (SSSR count). The van der Waals surface area contributed by atoms with Gasteiger partial charge in [0.2, 0.25) is 0 Å². The van der Waals surface area contributed by atoms with Gasteiger partial charge in [-0.1, -0.05) is 18.7 Å². The highest BCUT2D eigenvalue weighted by atomic mass is 35.5. The Labute approximate surface area is 124 Å². The highest BCUT2D eigenvalue weighted by Gasteiger charge is 2.26. The number of hydrogen-bond donors (Lipinski definition) is 0. The van der Waals surface area contributed by atoms with Gasteiger partial charge in [-0.15, -0.1) is 12.4 Å². The number of benzene rings is 1. The van der Waals surface area contributed by atoms with Crippen molar-refractivity contribution in [3.63, 3.8) is 0 Å². The maximum absolute atomic E-state index is 5.60. The average molecular weight is 297 g/mol. The Morgan fingerprint density at radius 2 is 2.11 bits per heavy atom. The van der Waals surface area contributed by atoms with Gasteiger partial charge in [-0.25, -0.2) is 0 Å². The second-order valence-electron chi connectivity index (χ2n) is 4.31. The fourth-order valence-electron chi connectivity index (χ4n) is 2.09. The van der Waals surface area contributed by atoms with Crippen molar-refractivity contribution in [3.05, 3.63) is 35.2 Å². The summed E-state index contributed by atoms with van der Waals surface area (Å²) in [6.07, 6.45) is 1.04. The Bertz CT molecular complexity index is 499. The van der Waals surface area contributed by atoms with E-state index in [1.165, 1.54) is 11.3 Å². The number of halogens is 1. The minimum Gasteiger partial charge on any atom is -0.494 e. The summed E-state index contributed by atoms with van der Waals surface area (Å²) < 4.78 is 5.60. The van der Waals surface area contributed by atoms with Crippen molar-refractivity contribution < 1.29 is 4.74 Å². The molecule has 2 heterocycles. The van der Waals surface area contributed by atoms with E-state index in [9.17, 15) is 0 Å². The summed E-state index contributed by atoms with van der Waals surface area (Å²) >= 11 is 1.72. The largest absolute Gasteiger partial charge is 0.494 e. The molecule has 0 unspecified atom stereocenters. The van der Waals surface area contributed by atoms with Crippen molar-refractivity contribution >= 4 is 35.0 Å². The molecule has 0 amide bonds. The van der Waals surface area contributed by atoms with E-state index in [2.05, 4.69) is 34.4 Å². The van der Waals surface area contributed by atoms with Gasteiger partial charge in [0, 0.05) is 12.0 Å². The summed E-state index contributed by atoms with van der Waals surface area (Å²) in [4.78, 5) is 6.74. The van der Waals surface area contributed by atoms with E-state index in [4.69, 9.17) is 4.74 Å². The Morgan fingerprint density at radius 3 is 2.84 bits per heavy atom.